The van der Waals surface area contributed by atoms with Gasteiger partial charge in [-0.05, 0) is 48.9 Å². The summed E-state index contributed by atoms with van der Waals surface area (Å²) in [5, 5.41) is 0.668. The predicted octanol–water partition coefficient (Wildman–Crippen LogP) is 4.12. The molecule has 1 unspecified atom stereocenters. The second-order valence-electron chi connectivity index (χ2n) is 6.83. The number of likely N-dealkylation sites (tertiary alicyclic amines) is 1. The molecule has 136 valence electrons. The summed E-state index contributed by atoms with van der Waals surface area (Å²) in [6.07, 6.45) is 3.13. The fourth-order valence-corrected chi connectivity index (χ4v) is 3.77. The highest BCUT2D eigenvalue weighted by Crippen LogP contribution is 2.29. The fourth-order valence-electron chi connectivity index (χ4n) is 3.53. The smallest absolute Gasteiger partial charge is 0.253 e. The number of hydrogen-bond acceptors (Lipinski definition) is 2. The van der Waals surface area contributed by atoms with E-state index in [1.807, 2.05) is 53.4 Å². The fraction of sp³-hybridized carbons (Fsp3) is 0.333. The Hall–Kier alpha value is -2.33. The van der Waals surface area contributed by atoms with E-state index < -0.39 is 0 Å². The van der Waals surface area contributed by atoms with E-state index >= 15 is 0 Å². The Morgan fingerprint density at radius 3 is 2.73 bits per heavy atom. The number of piperidine rings is 1. The Bertz CT molecular complexity index is 806. The van der Waals surface area contributed by atoms with E-state index in [9.17, 15) is 9.59 Å². The minimum atomic E-state index is -0.277. The van der Waals surface area contributed by atoms with E-state index in [4.69, 9.17) is 17.3 Å². The number of amides is 2. The molecular formula is C21H23ClN2O2. The third-order valence-corrected chi connectivity index (χ3v) is 5.23. The van der Waals surface area contributed by atoms with Crippen LogP contribution in [0.1, 0.15) is 36.0 Å². The minimum absolute atomic E-state index is 0.0303. The van der Waals surface area contributed by atoms with Crippen LogP contribution in [0.15, 0.2) is 48.5 Å². The van der Waals surface area contributed by atoms with E-state index in [-0.39, 0.29) is 11.8 Å². The molecule has 0 bridgehead atoms. The summed E-state index contributed by atoms with van der Waals surface area (Å²) in [5.41, 5.74) is 7.77. The predicted molar refractivity (Wildman–Crippen MR) is 104 cm³/mol. The zero-order valence-corrected chi connectivity index (χ0v) is 15.4. The normalized spacial score (nSPS) is 17.1. The molecule has 2 amide bonds. The minimum Gasteiger partial charge on any atom is -0.370 e. The van der Waals surface area contributed by atoms with Gasteiger partial charge in [0, 0.05) is 35.7 Å². The Balaban J connectivity index is 1.74. The second-order valence-corrected chi connectivity index (χ2v) is 7.23. The summed E-state index contributed by atoms with van der Waals surface area (Å²) in [4.78, 5) is 25.9. The molecule has 1 fully saturated rings. The van der Waals surface area contributed by atoms with Gasteiger partial charge in [0.1, 0.15) is 0 Å². The van der Waals surface area contributed by atoms with Crippen molar-refractivity contribution >= 4 is 23.4 Å². The highest BCUT2D eigenvalue weighted by Gasteiger charge is 2.24. The lowest BCUT2D eigenvalue weighted by molar-refractivity contribution is -0.118. The molecule has 1 aliphatic rings. The van der Waals surface area contributed by atoms with Gasteiger partial charge in [0.05, 0.1) is 0 Å². The van der Waals surface area contributed by atoms with E-state index in [0.29, 0.717) is 29.5 Å². The highest BCUT2D eigenvalue weighted by molar-refractivity contribution is 6.33. The van der Waals surface area contributed by atoms with E-state index in [1.165, 1.54) is 0 Å². The van der Waals surface area contributed by atoms with Crippen molar-refractivity contribution in [3.05, 3.63) is 59.1 Å². The van der Waals surface area contributed by atoms with Gasteiger partial charge < -0.3 is 10.6 Å². The molecule has 3 rings (SSSR count). The zero-order chi connectivity index (χ0) is 18.5. The number of carbonyl (C=O) groups excluding carboxylic acids is 2. The maximum Gasteiger partial charge on any atom is 0.253 e. The number of rotatable bonds is 5. The van der Waals surface area contributed by atoms with Crippen molar-refractivity contribution < 1.29 is 9.59 Å². The molecule has 1 heterocycles. The number of halogens is 1. The summed E-state index contributed by atoms with van der Waals surface area (Å²) in [5.74, 6) is 0.0931. The van der Waals surface area contributed by atoms with Gasteiger partial charge in [0.15, 0.2) is 0 Å². The number of carbonyl (C=O) groups is 2. The van der Waals surface area contributed by atoms with Crippen LogP contribution in [-0.4, -0.2) is 29.8 Å². The lowest BCUT2D eigenvalue weighted by Crippen LogP contribution is -2.40. The molecule has 0 saturated carbocycles. The van der Waals surface area contributed by atoms with Gasteiger partial charge in [0.25, 0.3) is 5.91 Å². The molecule has 0 spiro atoms. The van der Waals surface area contributed by atoms with Gasteiger partial charge >= 0.3 is 0 Å². The van der Waals surface area contributed by atoms with Crippen molar-refractivity contribution in [2.24, 2.45) is 11.7 Å². The average molecular weight is 371 g/mol. The molecule has 5 heteroatoms. The van der Waals surface area contributed by atoms with Crippen molar-refractivity contribution in [1.82, 2.24) is 4.90 Å². The molecule has 1 saturated heterocycles. The molecule has 0 aliphatic carbocycles. The van der Waals surface area contributed by atoms with Crippen molar-refractivity contribution in [3.63, 3.8) is 0 Å². The van der Waals surface area contributed by atoms with Crippen molar-refractivity contribution in [3.8, 4) is 11.1 Å². The van der Waals surface area contributed by atoms with E-state index in [1.54, 1.807) is 0 Å². The average Bonchev–Trinajstić information content (AvgIpc) is 2.66. The first-order chi connectivity index (χ1) is 12.5. The van der Waals surface area contributed by atoms with Gasteiger partial charge in [-0.2, -0.15) is 0 Å². The Morgan fingerprint density at radius 2 is 1.96 bits per heavy atom. The first-order valence-electron chi connectivity index (χ1n) is 8.97. The Kier molecular flexibility index (Phi) is 5.94. The molecule has 1 aliphatic heterocycles. The van der Waals surface area contributed by atoms with Gasteiger partial charge in [-0.15, -0.1) is 0 Å². The molecular weight excluding hydrogens is 348 g/mol. The summed E-state index contributed by atoms with van der Waals surface area (Å²) >= 11 is 6.29. The van der Waals surface area contributed by atoms with Crippen LogP contribution in [0.4, 0.5) is 0 Å². The summed E-state index contributed by atoms with van der Waals surface area (Å²) in [7, 11) is 0. The monoisotopic (exact) mass is 370 g/mol. The standard InChI is InChI=1S/C21H23ClN2O2/c22-19-9-2-1-8-18(19)16-6-3-7-17(13-16)21(26)24-12-4-5-15(14-24)10-11-20(23)25/h1-3,6-9,13,15H,4-5,10-12,14H2,(H2,23,25). The molecule has 4 nitrogen and oxygen atoms in total. The van der Waals surface area contributed by atoms with Gasteiger partial charge in [0.2, 0.25) is 5.91 Å². The topological polar surface area (TPSA) is 63.4 Å². The van der Waals surface area contributed by atoms with Gasteiger partial charge in [-0.3, -0.25) is 9.59 Å². The van der Waals surface area contributed by atoms with Crippen LogP contribution >= 0.6 is 11.6 Å². The van der Waals surface area contributed by atoms with Crippen LogP contribution in [0.3, 0.4) is 0 Å². The third-order valence-electron chi connectivity index (χ3n) is 4.90. The lowest BCUT2D eigenvalue weighted by Gasteiger charge is -2.33. The molecule has 2 aromatic carbocycles. The van der Waals surface area contributed by atoms with Crippen LogP contribution < -0.4 is 5.73 Å². The SMILES string of the molecule is NC(=O)CCC1CCCN(C(=O)c2cccc(-c3ccccc3Cl)c2)C1. The van der Waals surface area contributed by atoms with Crippen LogP contribution in [0, 0.1) is 5.92 Å². The highest BCUT2D eigenvalue weighted by atomic mass is 35.5. The maximum atomic E-state index is 13.0. The molecule has 0 radical (unpaired) electrons. The summed E-state index contributed by atoms with van der Waals surface area (Å²) < 4.78 is 0. The zero-order valence-electron chi connectivity index (χ0n) is 14.7. The summed E-state index contributed by atoms with van der Waals surface area (Å²) in [6, 6.07) is 15.2. The molecule has 26 heavy (non-hydrogen) atoms. The molecule has 0 aromatic heterocycles. The summed E-state index contributed by atoms with van der Waals surface area (Å²) in [6.45, 7) is 1.44. The third kappa shape index (κ3) is 4.44. The number of hydrogen-bond donors (Lipinski definition) is 1. The maximum absolute atomic E-state index is 13.0. The first kappa shape index (κ1) is 18.5. The second kappa shape index (κ2) is 8.37. The quantitative estimate of drug-likeness (QED) is 0.860. The molecule has 1 atom stereocenters. The molecule has 2 N–H and O–H groups in total. The van der Waals surface area contributed by atoms with E-state index in [0.717, 1.165) is 36.9 Å². The number of nitrogens with zero attached hydrogens (tertiary/aromatic N) is 1. The largest absolute Gasteiger partial charge is 0.370 e. The van der Waals surface area contributed by atoms with Crippen LogP contribution in [-0.2, 0) is 4.79 Å². The van der Waals surface area contributed by atoms with Crippen molar-refractivity contribution in [2.75, 3.05) is 13.1 Å². The van der Waals surface area contributed by atoms with Crippen molar-refractivity contribution in [1.29, 1.82) is 0 Å². The first-order valence-corrected chi connectivity index (χ1v) is 9.35. The number of benzene rings is 2. The number of nitrogens with two attached hydrogens (primary N) is 1. The van der Waals surface area contributed by atoms with Crippen LogP contribution in [0.25, 0.3) is 11.1 Å². The Labute approximate surface area is 158 Å². The lowest BCUT2D eigenvalue weighted by atomic mass is 9.92. The molecule has 2 aromatic rings. The Morgan fingerprint density at radius 1 is 1.15 bits per heavy atom. The number of primary amides is 1. The van der Waals surface area contributed by atoms with Gasteiger partial charge in [-0.25, -0.2) is 0 Å². The van der Waals surface area contributed by atoms with Crippen LogP contribution in [0.2, 0.25) is 5.02 Å². The van der Waals surface area contributed by atoms with Crippen molar-refractivity contribution in [2.45, 2.75) is 25.7 Å². The van der Waals surface area contributed by atoms with E-state index in [2.05, 4.69) is 0 Å². The van der Waals surface area contributed by atoms with Crippen LogP contribution in [0.5, 0.6) is 0 Å². The van der Waals surface area contributed by atoms with Gasteiger partial charge in [-0.1, -0.05) is 41.9 Å².